The van der Waals surface area contributed by atoms with Crippen LogP contribution in [0.4, 0.5) is 0 Å². The SMILES string of the molecule is COc1ccc(C(C)O)c(OC2CCCCNC2=O)c1. The van der Waals surface area contributed by atoms with Gasteiger partial charge in [0.1, 0.15) is 11.5 Å². The average molecular weight is 279 g/mol. The number of ether oxygens (including phenoxy) is 2. The maximum absolute atomic E-state index is 11.9. The van der Waals surface area contributed by atoms with Crippen LogP contribution in [0.5, 0.6) is 11.5 Å². The predicted octanol–water partition coefficient (Wildman–Crippen LogP) is 1.80. The molecule has 2 N–H and O–H groups in total. The first-order chi connectivity index (χ1) is 9.61. The van der Waals surface area contributed by atoms with Crippen molar-refractivity contribution < 1.29 is 19.4 Å². The molecule has 1 heterocycles. The van der Waals surface area contributed by atoms with E-state index >= 15 is 0 Å². The van der Waals surface area contributed by atoms with Crippen LogP contribution in [-0.2, 0) is 4.79 Å². The number of carbonyl (C=O) groups excluding carboxylic acids is 1. The van der Waals surface area contributed by atoms with Gasteiger partial charge in [0.05, 0.1) is 13.2 Å². The van der Waals surface area contributed by atoms with E-state index in [0.29, 0.717) is 30.0 Å². The van der Waals surface area contributed by atoms with E-state index in [0.717, 1.165) is 12.8 Å². The van der Waals surface area contributed by atoms with Gasteiger partial charge in [0.25, 0.3) is 5.91 Å². The fourth-order valence-electron chi connectivity index (χ4n) is 2.27. The first-order valence-corrected chi connectivity index (χ1v) is 6.92. The van der Waals surface area contributed by atoms with Gasteiger partial charge in [0.2, 0.25) is 0 Å². The van der Waals surface area contributed by atoms with Crippen LogP contribution in [0.1, 0.15) is 37.9 Å². The normalized spacial score (nSPS) is 20.8. The third-order valence-corrected chi connectivity index (χ3v) is 3.42. The second-order valence-electron chi connectivity index (χ2n) is 4.97. The summed E-state index contributed by atoms with van der Waals surface area (Å²) in [7, 11) is 1.57. The van der Waals surface area contributed by atoms with Crippen LogP contribution in [0.3, 0.4) is 0 Å². The van der Waals surface area contributed by atoms with Crippen molar-refractivity contribution in [2.45, 2.75) is 38.4 Å². The molecule has 0 spiro atoms. The Morgan fingerprint density at radius 1 is 1.40 bits per heavy atom. The van der Waals surface area contributed by atoms with E-state index in [-0.39, 0.29) is 5.91 Å². The summed E-state index contributed by atoms with van der Waals surface area (Å²) in [6, 6.07) is 5.23. The molecule has 1 aromatic carbocycles. The fraction of sp³-hybridized carbons (Fsp3) is 0.533. The van der Waals surface area contributed by atoms with Gasteiger partial charge in [-0.1, -0.05) is 0 Å². The molecule has 1 aliphatic rings. The van der Waals surface area contributed by atoms with Crippen LogP contribution in [0, 0.1) is 0 Å². The lowest BCUT2D eigenvalue weighted by molar-refractivity contribution is -0.127. The fourth-order valence-corrected chi connectivity index (χ4v) is 2.27. The maximum Gasteiger partial charge on any atom is 0.261 e. The molecule has 1 aromatic rings. The molecule has 0 aromatic heterocycles. The quantitative estimate of drug-likeness (QED) is 0.882. The van der Waals surface area contributed by atoms with Gasteiger partial charge >= 0.3 is 0 Å². The Bertz CT molecular complexity index is 473. The highest BCUT2D eigenvalue weighted by Gasteiger charge is 2.24. The largest absolute Gasteiger partial charge is 0.497 e. The number of rotatable bonds is 4. The maximum atomic E-state index is 11.9. The molecule has 1 amide bonds. The van der Waals surface area contributed by atoms with Crippen LogP contribution >= 0.6 is 0 Å². The number of hydrogen-bond donors (Lipinski definition) is 2. The topological polar surface area (TPSA) is 67.8 Å². The lowest BCUT2D eigenvalue weighted by Crippen LogP contribution is -2.36. The third kappa shape index (κ3) is 3.42. The molecule has 0 bridgehead atoms. The van der Waals surface area contributed by atoms with Gasteiger partial charge in [-0.25, -0.2) is 0 Å². The van der Waals surface area contributed by atoms with Crippen LogP contribution in [-0.4, -0.2) is 30.8 Å². The van der Waals surface area contributed by atoms with E-state index in [2.05, 4.69) is 5.32 Å². The van der Waals surface area contributed by atoms with Crippen LogP contribution in [0.25, 0.3) is 0 Å². The predicted molar refractivity (Wildman–Crippen MR) is 74.9 cm³/mol. The van der Waals surface area contributed by atoms with E-state index in [4.69, 9.17) is 9.47 Å². The van der Waals surface area contributed by atoms with E-state index in [1.165, 1.54) is 0 Å². The lowest BCUT2D eigenvalue weighted by atomic mass is 10.1. The number of amides is 1. The minimum Gasteiger partial charge on any atom is -0.497 e. The molecule has 5 heteroatoms. The zero-order chi connectivity index (χ0) is 14.5. The number of aliphatic hydroxyl groups is 1. The van der Waals surface area contributed by atoms with Crippen LogP contribution in [0.2, 0.25) is 0 Å². The number of aliphatic hydroxyl groups excluding tert-OH is 1. The Morgan fingerprint density at radius 3 is 2.90 bits per heavy atom. The summed E-state index contributed by atoms with van der Waals surface area (Å²) in [5.41, 5.74) is 0.655. The van der Waals surface area contributed by atoms with Crippen LogP contribution < -0.4 is 14.8 Å². The van der Waals surface area contributed by atoms with Gasteiger partial charge in [-0.2, -0.15) is 0 Å². The Morgan fingerprint density at radius 2 is 2.20 bits per heavy atom. The molecule has 5 nitrogen and oxygen atoms in total. The molecule has 0 aliphatic carbocycles. The summed E-state index contributed by atoms with van der Waals surface area (Å²) in [5, 5.41) is 12.6. The third-order valence-electron chi connectivity index (χ3n) is 3.42. The van der Waals surface area contributed by atoms with Crippen molar-refractivity contribution >= 4 is 5.91 Å². The van der Waals surface area contributed by atoms with Gasteiger partial charge in [-0.05, 0) is 38.3 Å². The van der Waals surface area contributed by atoms with Gasteiger partial charge in [-0.15, -0.1) is 0 Å². The number of nitrogens with one attached hydrogen (secondary N) is 1. The van der Waals surface area contributed by atoms with Gasteiger partial charge in [-0.3, -0.25) is 4.79 Å². The van der Waals surface area contributed by atoms with E-state index in [1.54, 1.807) is 32.2 Å². The summed E-state index contributed by atoms with van der Waals surface area (Å²) < 4.78 is 11.0. The number of methoxy groups -OCH3 is 1. The summed E-state index contributed by atoms with van der Waals surface area (Å²) in [6.07, 6.45) is 1.42. The van der Waals surface area contributed by atoms with Crippen molar-refractivity contribution in [2.24, 2.45) is 0 Å². The second kappa shape index (κ2) is 6.61. The number of hydrogen-bond acceptors (Lipinski definition) is 4. The molecule has 1 fully saturated rings. The van der Waals surface area contributed by atoms with Crippen LogP contribution in [0.15, 0.2) is 18.2 Å². The lowest BCUT2D eigenvalue weighted by Gasteiger charge is -2.20. The van der Waals surface area contributed by atoms with Gasteiger partial charge < -0.3 is 19.9 Å². The minimum atomic E-state index is -0.662. The molecule has 1 aliphatic heterocycles. The summed E-state index contributed by atoms with van der Waals surface area (Å²) >= 11 is 0. The zero-order valence-electron chi connectivity index (χ0n) is 11.9. The Labute approximate surface area is 118 Å². The number of carbonyl (C=O) groups is 1. The van der Waals surface area contributed by atoms with Gasteiger partial charge in [0, 0.05) is 18.2 Å². The van der Waals surface area contributed by atoms with E-state index < -0.39 is 12.2 Å². The molecule has 1 saturated heterocycles. The highest BCUT2D eigenvalue weighted by Crippen LogP contribution is 2.31. The highest BCUT2D eigenvalue weighted by molar-refractivity contribution is 5.81. The van der Waals surface area contributed by atoms with Crippen molar-refractivity contribution in [1.82, 2.24) is 5.32 Å². The van der Waals surface area contributed by atoms with Crippen molar-refractivity contribution in [3.8, 4) is 11.5 Å². The smallest absolute Gasteiger partial charge is 0.261 e. The molecule has 0 saturated carbocycles. The standard InChI is InChI=1S/C15H21NO4/c1-10(17)12-7-6-11(19-2)9-14(12)20-13-5-3-4-8-16-15(13)18/h6-7,9-10,13,17H,3-5,8H2,1-2H3,(H,16,18). The molecule has 2 unspecified atom stereocenters. The average Bonchev–Trinajstić information content (AvgIpc) is 2.64. The zero-order valence-corrected chi connectivity index (χ0v) is 11.9. The molecule has 20 heavy (non-hydrogen) atoms. The van der Waals surface area contributed by atoms with Gasteiger partial charge in [0.15, 0.2) is 6.10 Å². The highest BCUT2D eigenvalue weighted by atomic mass is 16.5. The van der Waals surface area contributed by atoms with E-state index in [9.17, 15) is 9.90 Å². The van der Waals surface area contributed by atoms with Crippen molar-refractivity contribution in [3.05, 3.63) is 23.8 Å². The minimum absolute atomic E-state index is 0.0955. The monoisotopic (exact) mass is 279 g/mol. The number of benzene rings is 1. The summed E-state index contributed by atoms with van der Waals surface area (Å²) in [5.74, 6) is 1.04. The molecule has 0 radical (unpaired) electrons. The molecule has 2 atom stereocenters. The Kier molecular flexibility index (Phi) is 4.84. The Hall–Kier alpha value is -1.75. The van der Waals surface area contributed by atoms with Crippen molar-refractivity contribution in [1.29, 1.82) is 0 Å². The molecule has 2 rings (SSSR count). The summed E-state index contributed by atoms with van der Waals surface area (Å²) in [4.78, 5) is 11.9. The van der Waals surface area contributed by atoms with E-state index in [1.807, 2.05) is 0 Å². The molecule has 110 valence electrons. The molecular weight excluding hydrogens is 258 g/mol. The molecular formula is C15H21NO4. The van der Waals surface area contributed by atoms with Crippen molar-refractivity contribution in [3.63, 3.8) is 0 Å². The first-order valence-electron chi connectivity index (χ1n) is 6.92. The summed E-state index contributed by atoms with van der Waals surface area (Å²) in [6.45, 7) is 2.36. The first kappa shape index (κ1) is 14.7. The Balaban J connectivity index is 2.23. The second-order valence-corrected chi connectivity index (χ2v) is 4.97. The van der Waals surface area contributed by atoms with Crippen molar-refractivity contribution in [2.75, 3.05) is 13.7 Å².